The van der Waals surface area contributed by atoms with Crippen molar-refractivity contribution in [1.82, 2.24) is 10.2 Å². The van der Waals surface area contributed by atoms with E-state index in [9.17, 15) is 18.0 Å². The molecule has 3 aromatic carbocycles. The number of carbonyl (C=O) groups excluding carboxylic acids is 2. The highest BCUT2D eigenvalue weighted by molar-refractivity contribution is 7.92. The number of hydrogen-bond acceptors (Lipinski definition) is 5. The van der Waals surface area contributed by atoms with Crippen molar-refractivity contribution in [3.63, 3.8) is 0 Å². The first-order valence-corrected chi connectivity index (χ1v) is 15.4. The van der Waals surface area contributed by atoms with Gasteiger partial charge in [0, 0.05) is 18.1 Å². The average Bonchev–Trinajstić information content (AvgIpc) is 2.96. The molecule has 0 saturated heterocycles. The van der Waals surface area contributed by atoms with Crippen molar-refractivity contribution in [2.45, 2.75) is 58.0 Å². The Kier molecular flexibility index (Phi) is 11.2. The Morgan fingerprint density at radius 2 is 1.68 bits per heavy atom. The molecule has 10 heteroatoms. The number of nitrogens with zero attached hydrogens (tertiary/aromatic N) is 2. The van der Waals surface area contributed by atoms with Crippen LogP contribution in [0.25, 0.3) is 0 Å². The summed E-state index contributed by atoms with van der Waals surface area (Å²) in [5, 5.41) is 3.28. The van der Waals surface area contributed by atoms with Gasteiger partial charge in [-0.3, -0.25) is 13.9 Å². The largest absolute Gasteiger partial charge is 0.497 e. The fraction of sp³-hybridized carbons (Fsp3) is 0.355. The topological polar surface area (TPSA) is 96.0 Å². The van der Waals surface area contributed by atoms with E-state index in [4.69, 9.17) is 16.3 Å². The molecule has 0 aromatic heterocycles. The van der Waals surface area contributed by atoms with Gasteiger partial charge in [0.2, 0.25) is 11.8 Å². The molecular formula is C31H38ClN3O5S. The second kappa shape index (κ2) is 14.4. The Labute approximate surface area is 248 Å². The lowest BCUT2D eigenvalue weighted by Gasteiger charge is -2.33. The van der Waals surface area contributed by atoms with E-state index < -0.39 is 28.5 Å². The van der Waals surface area contributed by atoms with Gasteiger partial charge >= 0.3 is 0 Å². The van der Waals surface area contributed by atoms with Gasteiger partial charge in [0.15, 0.2) is 0 Å². The number of nitrogens with one attached hydrogen (secondary N) is 1. The molecule has 0 aliphatic carbocycles. The van der Waals surface area contributed by atoms with Gasteiger partial charge in [0.1, 0.15) is 18.3 Å². The molecule has 0 aliphatic heterocycles. The third-order valence-corrected chi connectivity index (χ3v) is 8.92. The standard InChI is InChI=1S/C31H38ClN3O5S/c1-6-17-33-31(37)29(7-2)34(20-24-9-8-10-27(19-24)40-5)30(36)21-35(26-14-11-22(3)23(4)18-26)41(38,39)28-15-12-25(32)13-16-28/h8-16,18-19,29H,6-7,17,20-21H2,1-5H3,(H,33,37)/t29-/m1/s1. The number of sulfonamides is 1. The van der Waals surface area contributed by atoms with Crippen LogP contribution in [0.15, 0.2) is 71.6 Å². The first-order valence-electron chi connectivity index (χ1n) is 13.6. The van der Waals surface area contributed by atoms with Crippen LogP contribution in [0.3, 0.4) is 0 Å². The Hall–Kier alpha value is -3.56. The molecule has 41 heavy (non-hydrogen) atoms. The first-order chi connectivity index (χ1) is 19.5. The molecular weight excluding hydrogens is 562 g/mol. The van der Waals surface area contributed by atoms with Crippen LogP contribution in [-0.2, 0) is 26.2 Å². The van der Waals surface area contributed by atoms with Crippen LogP contribution in [0.4, 0.5) is 5.69 Å². The van der Waals surface area contributed by atoms with Crippen LogP contribution in [-0.4, -0.2) is 51.4 Å². The van der Waals surface area contributed by atoms with E-state index in [0.29, 0.717) is 29.4 Å². The quantitative estimate of drug-likeness (QED) is 0.280. The fourth-order valence-corrected chi connectivity index (χ4v) is 5.93. The van der Waals surface area contributed by atoms with Crippen LogP contribution in [0.2, 0.25) is 5.02 Å². The summed E-state index contributed by atoms with van der Waals surface area (Å²) in [5.74, 6) is -0.188. The molecule has 0 heterocycles. The van der Waals surface area contributed by atoms with E-state index in [1.54, 1.807) is 37.4 Å². The van der Waals surface area contributed by atoms with Crippen molar-refractivity contribution in [2.75, 3.05) is 24.5 Å². The van der Waals surface area contributed by atoms with Crippen LogP contribution in [0, 0.1) is 13.8 Å². The summed E-state index contributed by atoms with van der Waals surface area (Å²) in [4.78, 5) is 28.8. The molecule has 1 N–H and O–H groups in total. The highest BCUT2D eigenvalue weighted by Crippen LogP contribution is 2.27. The van der Waals surface area contributed by atoms with Crippen molar-refractivity contribution in [3.8, 4) is 5.75 Å². The Morgan fingerprint density at radius 1 is 0.976 bits per heavy atom. The summed E-state index contributed by atoms with van der Waals surface area (Å²) in [5.41, 5.74) is 2.96. The van der Waals surface area contributed by atoms with E-state index in [2.05, 4.69) is 5.32 Å². The number of benzene rings is 3. The monoisotopic (exact) mass is 599 g/mol. The van der Waals surface area contributed by atoms with Crippen LogP contribution in [0.1, 0.15) is 43.4 Å². The summed E-state index contributed by atoms with van der Waals surface area (Å²) in [6.07, 6.45) is 1.09. The molecule has 3 rings (SSSR count). The lowest BCUT2D eigenvalue weighted by atomic mass is 10.1. The Morgan fingerprint density at radius 3 is 2.29 bits per heavy atom. The zero-order chi connectivity index (χ0) is 30.2. The van der Waals surface area contributed by atoms with Crippen LogP contribution in [0.5, 0.6) is 5.75 Å². The van der Waals surface area contributed by atoms with Gasteiger partial charge < -0.3 is 15.0 Å². The first kappa shape index (κ1) is 32.0. The second-order valence-corrected chi connectivity index (χ2v) is 12.1. The van der Waals surface area contributed by atoms with Crippen molar-refractivity contribution in [1.29, 1.82) is 0 Å². The summed E-state index contributed by atoms with van der Waals surface area (Å²) >= 11 is 6.02. The second-order valence-electron chi connectivity index (χ2n) is 9.82. The summed E-state index contributed by atoms with van der Waals surface area (Å²) in [7, 11) is -2.62. The number of rotatable bonds is 13. The molecule has 0 saturated carbocycles. The Bertz CT molecular complexity index is 1460. The molecule has 8 nitrogen and oxygen atoms in total. The van der Waals surface area contributed by atoms with Gasteiger partial charge in [0.05, 0.1) is 17.7 Å². The molecule has 0 bridgehead atoms. The maximum absolute atomic E-state index is 14.1. The zero-order valence-electron chi connectivity index (χ0n) is 24.2. The summed E-state index contributed by atoms with van der Waals surface area (Å²) in [6, 6.07) is 17.5. The number of carbonyl (C=O) groups is 2. The van der Waals surface area contributed by atoms with Gasteiger partial charge in [-0.15, -0.1) is 0 Å². The maximum Gasteiger partial charge on any atom is 0.264 e. The van der Waals surface area contributed by atoms with Crippen molar-refractivity contribution in [3.05, 3.63) is 88.4 Å². The molecule has 0 unspecified atom stereocenters. The average molecular weight is 600 g/mol. The predicted molar refractivity (Wildman–Crippen MR) is 163 cm³/mol. The highest BCUT2D eigenvalue weighted by Gasteiger charge is 2.33. The number of anilines is 1. The van der Waals surface area contributed by atoms with Gasteiger partial charge in [-0.2, -0.15) is 0 Å². The van der Waals surface area contributed by atoms with Gasteiger partial charge in [0.25, 0.3) is 10.0 Å². The normalized spacial score (nSPS) is 12.0. The minimum Gasteiger partial charge on any atom is -0.497 e. The molecule has 0 radical (unpaired) electrons. The van der Waals surface area contributed by atoms with Gasteiger partial charge in [-0.05, 0) is 91.9 Å². The molecule has 3 aromatic rings. The number of halogens is 1. The van der Waals surface area contributed by atoms with Gasteiger partial charge in [-0.1, -0.05) is 43.6 Å². The lowest BCUT2D eigenvalue weighted by molar-refractivity contribution is -0.140. The van der Waals surface area contributed by atoms with Gasteiger partial charge in [-0.25, -0.2) is 8.42 Å². The Balaban J connectivity index is 2.08. The third kappa shape index (κ3) is 8.01. The zero-order valence-corrected chi connectivity index (χ0v) is 25.8. The third-order valence-electron chi connectivity index (χ3n) is 6.88. The smallest absolute Gasteiger partial charge is 0.264 e. The van der Waals surface area contributed by atoms with E-state index in [0.717, 1.165) is 27.4 Å². The van der Waals surface area contributed by atoms with Crippen LogP contribution >= 0.6 is 11.6 Å². The SMILES string of the molecule is CCCNC(=O)[C@@H](CC)N(Cc1cccc(OC)c1)C(=O)CN(c1ccc(C)c(C)c1)S(=O)(=O)c1ccc(Cl)cc1. The minimum absolute atomic E-state index is 0.00000386. The van der Waals surface area contributed by atoms with Crippen molar-refractivity contribution in [2.24, 2.45) is 0 Å². The predicted octanol–water partition coefficient (Wildman–Crippen LogP) is 5.49. The van der Waals surface area contributed by atoms with Crippen molar-refractivity contribution < 1.29 is 22.7 Å². The molecule has 2 amide bonds. The van der Waals surface area contributed by atoms with Crippen molar-refractivity contribution >= 4 is 39.1 Å². The fourth-order valence-electron chi connectivity index (χ4n) is 4.40. The maximum atomic E-state index is 14.1. The summed E-state index contributed by atoms with van der Waals surface area (Å²) < 4.78 is 34.4. The number of amides is 2. The van der Waals surface area contributed by atoms with E-state index in [1.807, 2.05) is 39.8 Å². The number of methoxy groups -OCH3 is 1. The minimum atomic E-state index is -4.17. The van der Waals surface area contributed by atoms with E-state index in [1.165, 1.54) is 29.2 Å². The molecule has 0 spiro atoms. The lowest BCUT2D eigenvalue weighted by Crippen LogP contribution is -2.52. The summed E-state index contributed by atoms with van der Waals surface area (Å²) in [6.45, 7) is 7.64. The van der Waals surface area contributed by atoms with E-state index in [-0.39, 0.29) is 17.3 Å². The molecule has 0 aliphatic rings. The number of ether oxygens (including phenoxy) is 1. The number of hydrogen-bond donors (Lipinski definition) is 1. The number of aryl methyl sites for hydroxylation is 2. The molecule has 220 valence electrons. The van der Waals surface area contributed by atoms with Crippen LogP contribution < -0.4 is 14.4 Å². The molecule has 0 fully saturated rings. The highest BCUT2D eigenvalue weighted by atomic mass is 35.5. The van der Waals surface area contributed by atoms with E-state index >= 15 is 0 Å². The molecule has 1 atom stereocenters.